The first-order chi connectivity index (χ1) is 15.4. The van der Waals surface area contributed by atoms with E-state index in [0.29, 0.717) is 30.1 Å². The molecule has 1 aliphatic carbocycles. The Morgan fingerprint density at radius 3 is 1.85 bits per heavy atom. The number of benzene rings is 2. The molecule has 0 spiro atoms. The fourth-order valence-electron chi connectivity index (χ4n) is 3.67. The van der Waals surface area contributed by atoms with Gasteiger partial charge in [-0.1, -0.05) is 31.0 Å². The first-order valence-electron chi connectivity index (χ1n) is 10.2. The van der Waals surface area contributed by atoms with E-state index >= 15 is 0 Å². The van der Waals surface area contributed by atoms with Crippen molar-refractivity contribution < 1.29 is 31.1 Å². The number of para-hydroxylation sites is 1. The molecule has 3 N–H and O–H groups in total. The lowest BCUT2D eigenvalue weighted by Crippen LogP contribution is -2.54. The van der Waals surface area contributed by atoms with Crippen LogP contribution in [0.3, 0.4) is 0 Å². The maximum Gasteiger partial charge on any atom is 0.416 e. The number of rotatable bonds is 4. The lowest BCUT2D eigenvalue weighted by Gasteiger charge is -2.33. The summed E-state index contributed by atoms with van der Waals surface area (Å²) in [5.74, 6) is -1.01. The van der Waals surface area contributed by atoms with Gasteiger partial charge in [0.2, 0.25) is 0 Å². The Morgan fingerprint density at radius 1 is 0.818 bits per heavy atom. The number of anilines is 1. The first kappa shape index (κ1) is 24.8. The van der Waals surface area contributed by atoms with Crippen LogP contribution in [0.25, 0.3) is 0 Å². The van der Waals surface area contributed by atoms with E-state index in [4.69, 9.17) is 12.2 Å². The number of thiocarbonyl (C=S) groups is 1. The Bertz CT molecular complexity index is 962. The van der Waals surface area contributed by atoms with Crippen molar-refractivity contribution in [2.24, 2.45) is 0 Å². The van der Waals surface area contributed by atoms with Gasteiger partial charge >= 0.3 is 12.4 Å². The van der Waals surface area contributed by atoms with E-state index < -0.39 is 41.0 Å². The average Bonchev–Trinajstić information content (AvgIpc) is 2.74. The highest BCUT2D eigenvalue weighted by atomic mass is 32.1. The van der Waals surface area contributed by atoms with Crippen molar-refractivity contribution in [2.45, 2.75) is 50.1 Å². The van der Waals surface area contributed by atoms with Crippen molar-refractivity contribution in [3.05, 3.63) is 65.2 Å². The Kier molecular flexibility index (Phi) is 7.51. The Balaban J connectivity index is 1.75. The molecule has 1 aliphatic rings. The third-order valence-electron chi connectivity index (χ3n) is 5.28. The van der Waals surface area contributed by atoms with Gasteiger partial charge in [-0.15, -0.1) is 0 Å². The van der Waals surface area contributed by atoms with Crippen molar-refractivity contribution in [1.82, 2.24) is 10.6 Å². The predicted molar refractivity (Wildman–Crippen MR) is 116 cm³/mol. The molecule has 1 saturated carbocycles. The fourth-order valence-corrected chi connectivity index (χ4v) is 3.94. The van der Waals surface area contributed by atoms with E-state index in [9.17, 15) is 31.1 Å². The average molecular weight is 489 g/mol. The van der Waals surface area contributed by atoms with Crippen molar-refractivity contribution in [3.8, 4) is 0 Å². The van der Waals surface area contributed by atoms with E-state index in [1.54, 1.807) is 12.1 Å². The second kappa shape index (κ2) is 9.98. The highest BCUT2D eigenvalue weighted by Gasteiger charge is 2.38. The summed E-state index contributed by atoms with van der Waals surface area (Å²) in [6, 6.07) is 9.08. The first-order valence-corrected chi connectivity index (χ1v) is 10.6. The molecule has 178 valence electrons. The lowest BCUT2D eigenvalue weighted by molar-refractivity contribution is -0.143. The van der Waals surface area contributed by atoms with E-state index in [1.165, 1.54) is 0 Å². The Morgan fingerprint density at radius 2 is 1.33 bits per heavy atom. The van der Waals surface area contributed by atoms with Gasteiger partial charge in [-0.25, -0.2) is 0 Å². The second-order valence-corrected chi connectivity index (χ2v) is 8.14. The largest absolute Gasteiger partial charge is 0.416 e. The Hall–Kier alpha value is -2.82. The minimum Gasteiger partial charge on any atom is -0.358 e. The van der Waals surface area contributed by atoms with Gasteiger partial charge in [0.15, 0.2) is 5.11 Å². The summed E-state index contributed by atoms with van der Waals surface area (Å²) in [5, 5.41) is 8.98. The quantitative estimate of drug-likeness (QED) is 0.378. The molecule has 0 radical (unpaired) electrons. The van der Waals surface area contributed by atoms with Crippen LogP contribution in [0.4, 0.5) is 32.0 Å². The van der Waals surface area contributed by atoms with Crippen LogP contribution in [0.5, 0.6) is 0 Å². The lowest BCUT2D eigenvalue weighted by atomic mass is 9.90. The van der Waals surface area contributed by atoms with Gasteiger partial charge < -0.3 is 16.0 Å². The molecular weight excluding hydrogens is 468 g/mol. The third-order valence-corrected chi connectivity index (χ3v) is 5.50. The summed E-state index contributed by atoms with van der Waals surface area (Å²) in [5.41, 5.74) is -3.02. The molecule has 0 aliphatic heterocycles. The van der Waals surface area contributed by atoms with Crippen molar-refractivity contribution in [2.75, 3.05) is 5.32 Å². The molecule has 0 bridgehead atoms. The zero-order chi connectivity index (χ0) is 24.2. The number of carbonyl (C=O) groups excluding carboxylic acids is 1. The summed E-state index contributed by atoms with van der Waals surface area (Å²) < 4.78 is 78.7. The van der Waals surface area contributed by atoms with Gasteiger partial charge in [0.05, 0.1) is 11.1 Å². The number of carbonyl (C=O) groups is 1. The van der Waals surface area contributed by atoms with Crippen molar-refractivity contribution in [3.63, 3.8) is 0 Å². The molecule has 11 heteroatoms. The molecule has 0 heterocycles. The molecule has 2 aromatic carbocycles. The maximum atomic E-state index is 13.1. The second-order valence-electron chi connectivity index (χ2n) is 7.73. The van der Waals surface area contributed by atoms with Crippen LogP contribution < -0.4 is 16.0 Å². The Labute approximate surface area is 191 Å². The molecule has 4 nitrogen and oxygen atoms in total. The van der Waals surface area contributed by atoms with E-state index in [2.05, 4.69) is 16.0 Å². The highest BCUT2D eigenvalue weighted by molar-refractivity contribution is 7.80. The number of amides is 1. The number of nitrogens with one attached hydrogen (secondary N) is 3. The SMILES string of the molecule is O=C(N[C@@H]1CCCC[C@H]1NC(=S)Nc1ccccc1)c1cc(C(F)(F)F)cc(C(F)(F)F)c1. The normalized spacial score (nSPS) is 19.0. The van der Waals surface area contributed by atoms with Gasteiger partial charge in [0, 0.05) is 23.3 Å². The van der Waals surface area contributed by atoms with Crippen LogP contribution in [0.1, 0.15) is 47.2 Å². The van der Waals surface area contributed by atoms with Crippen LogP contribution in [0.2, 0.25) is 0 Å². The van der Waals surface area contributed by atoms with Crippen molar-refractivity contribution >= 4 is 28.9 Å². The van der Waals surface area contributed by atoms with Gasteiger partial charge in [0.25, 0.3) is 5.91 Å². The van der Waals surface area contributed by atoms with E-state index in [0.717, 1.165) is 18.5 Å². The van der Waals surface area contributed by atoms with Gasteiger partial charge in [-0.2, -0.15) is 26.3 Å². The minimum atomic E-state index is -5.03. The van der Waals surface area contributed by atoms with E-state index in [-0.39, 0.29) is 12.1 Å². The molecule has 1 amide bonds. The van der Waals surface area contributed by atoms with Gasteiger partial charge in [-0.05, 0) is 55.4 Å². The van der Waals surface area contributed by atoms with Gasteiger partial charge in [0.1, 0.15) is 0 Å². The highest BCUT2D eigenvalue weighted by Crippen LogP contribution is 2.36. The maximum absolute atomic E-state index is 13.1. The van der Waals surface area contributed by atoms with Gasteiger partial charge in [-0.3, -0.25) is 4.79 Å². The molecule has 0 aromatic heterocycles. The van der Waals surface area contributed by atoms with Crippen molar-refractivity contribution in [1.29, 1.82) is 0 Å². The standard InChI is InChI=1S/C22H21F6N3OS/c23-21(24,25)14-10-13(11-15(12-14)22(26,27)28)19(32)30-17-8-4-5-9-18(17)31-20(33)29-16-6-2-1-3-7-16/h1-3,6-7,10-12,17-18H,4-5,8-9H2,(H,30,32)(H2,29,31,33)/t17-,18-/m1/s1. The smallest absolute Gasteiger partial charge is 0.358 e. The predicted octanol–water partition coefficient (Wildman–Crippen LogP) is 5.75. The number of hydrogen-bond donors (Lipinski definition) is 3. The molecule has 2 aromatic rings. The summed E-state index contributed by atoms with van der Waals surface area (Å²) in [4.78, 5) is 12.7. The monoisotopic (exact) mass is 489 g/mol. The summed E-state index contributed by atoms with van der Waals surface area (Å²) in [6.07, 6.45) is -7.35. The third kappa shape index (κ3) is 6.83. The fraction of sp³-hybridized carbons (Fsp3) is 0.364. The number of halogens is 6. The molecular formula is C22H21F6N3OS. The molecule has 3 rings (SSSR count). The summed E-state index contributed by atoms with van der Waals surface area (Å²) >= 11 is 5.31. The zero-order valence-corrected chi connectivity index (χ0v) is 18.0. The molecule has 0 unspecified atom stereocenters. The number of hydrogen-bond acceptors (Lipinski definition) is 2. The molecule has 1 fully saturated rings. The van der Waals surface area contributed by atoms with Crippen LogP contribution >= 0.6 is 12.2 Å². The molecule has 2 atom stereocenters. The molecule has 33 heavy (non-hydrogen) atoms. The molecule has 0 saturated heterocycles. The van der Waals surface area contributed by atoms with Crippen LogP contribution in [0, 0.1) is 0 Å². The van der Waals surface area contributed by atoms with E-state index in [1.807, 2.05) is 18.2 Å². The minimum absolute atomic E-state index is 0.00453. The van der Waals surface area contributed by atoms with Crippen LogP contribution in [-0.2, 0) is 12.4 Å². The van der Waals surface area contributed by atoms with Crippen LogP contribution in [-0.4, -0.2) is 23.1 Å². The topological polar surface area (TPSA) is 53.2 Å². The van der Waals surface area contributed by atoms with Crippen LogP contribution in [0.15, 0.2) is 48.5 Å². The number of alkyl halides is 6. The summed E-state index contributed by atoms with van der Waals surface area (Å²) in [7, 11) is 0. The zero-order valence-electron chi connectivity index (χ0n) is 17.2. The summed E-state index contributed by atoms with van der Waals surface area (Å²) in [6.45, 7) is 0.